The van der Waals surface area contributed by atoms with Gasteiger partial charge in [-0.05, 0) is 36.2 Å². The van der Waals surface area contributed by atoms with Crippen molar-refractivity contribution in [1.29, 1.82) is 5.26 Å². The van der Waals surface area contributed by atoms with Crippen molar-refractivity contribution in [2.75, 3.05) is 6.54 Å². The minimum absolute atomic E-state index is 0.0105. The number of carbonyl (C=O) groups excluding carboxylic acids is 1. The second-order valence-electron chi connectivity index (χ2n) is 7.79. The third-order valence-corrected chi connectivity index (χ3v) is 5.46. The van der Waals surface area contributed by atoms with Crippen molar-refractivity contribution >= 4 is 16.8 Å². The van der Waals surface area contributed by atoms with Crippen molar-refractivity contribution in [2.24, 2.45) is 5.73 Å². The van der Waals surface area contributed by atoms with Gasteiger partial charge in [0, 0.05) is 35.8 Å². The van der Waals surface area contributed by atoms with E-state index in [1.165, 1.54) is 4.90 Å². The van der Waals surface area contributed by atoms with Crippen LogP contribution in [0.25, 0.3) is 10.9 Å². The molecule has 7 nitrogen and oxygen atoms in total. The number of halogens is 4. The minimum Gasteiger partial charge on any atom is -0.439 e. The minimum atomic E-state index is -4.49. The van der Waals surface area contributed by atoms with Crippen LogP contribution in [-0.2, 0) is 17.4 Å². The maximum absolute atomic E-state index is 13.7. The number of nitrogens with two attached hydrogens (primary N) is 1. The predicted octanol–water partition coefficient (Wildman–Crippen LogP) is 3.71. The van der Waals surface area contributed by atoms with Crippen LogP contribution in [0.3, 0.4) is 0 Å². The summed E-state index contributed by atoms with van der Waals surface area (Å²) in [5.74, 6) is -0.180. The highest BCUT2D eigenvalue weighted by atomic mass is 19.4. The maximum Gasteiger partial charge on any atom is 0.417 e. The van der Waals surface area contributed by atoms with Crippen molar-refractivity contribution in [3.63, 3.8) is 0 Å². The van der Waals surface area contributed by atoms with Gasteiger partial charge < -0.3 is 20.4 Å². The van der Waals surface area contributed by atoms with E-state index in [9.17, 15) is 22.4 Å². The highest BCUT2D eigenvalue weighted by Crippen LogP contribution is 2.31. The molecule has 1 saturated heterocycles. The van der Waals surface area contributed by atoms with Crippen molar-refractivity contribution in [3.05, 3.63) is 53.9 Å². The van der Waals surface area contributed by atoms with Crippen molar-refractivity contribution in [1.82, 2.24) is 14.9 Å². The molecule has 1 aromatic carbocycles. The summed E-state index contributed by atoms with van der Waals surface area (Å²) in [7, 11) is 0. The molecule has 1 amide bonds. The van der Waals surface area contributed by atoms with Crippen LogP contribution >= 0.6 is 0 Å². The molecule has 0 bridgehead atoms. The lowest BCUT2D eigenvalue weighted by Crippen LogP contribution is -2.46. The molecular weight excluding hydrogens is 442 g/mol. The molecule has 0 spiro atoms. The number of carbonyl (C=O) groups is 1. The summed E-state index contributed by atoms with van der Waals surface area (Å²) in [6.07, 6.45) is -3.27. The Morgan fingerprint density at radius 2 is 2.15 bits per heavy atom. The first-order valence-electron chi connectivity index (χ1n) is 10.1. The zero-order valence-electron chi connectivity index (χ0n) is 17.1. The van der Waals surface area contributed by atoms with Crippen LogP contribution < -0.4 is 10.5 Å². The topological polar surface area (TPSA) is 108 Å². The van der Waals surface area contributed by atoms with E-state index in [0.717, 1.165) is 17.6 Å². The van der Waals surface area contributed by atoms with E-state index in [1.54, 1.807) is 24.4 Å². The van der Waals surface area contributed by atoms with Gasteiger partial charge >= 0.3 is 6.18 Å². The standard InChI is InChI=1S/C22H19F4N5O2/c23-14-6-15(8-27)31(11-14)21(32)18(28)5-12-9-29-19-3-2-16(7-17(12)19)33-20-4-1-13(10-30-20)22(24,25)26/h1-4,7,9-10,14-15,18,29H,5-6,11,28H2/t14?,15-,18-/m0/s1. The Labute approximate surface area is 185 Å². The summed E-state index contributed by atoms with van der Waals surface area (Å²) in [5, 5.41) is 9.86. The average Bonchev–Trinajstić information content (AvgIpc) is 3.35. The Kier molecular flexibility index (Phi) is 5.95. The number of hydrogen-bond donors (Lipinski definition) is 2. The van der Waals surface area contributed by atoms with E-state index in [-0.39, 0.29) is 25.3 Å². The molecule has 2 aromatic heterocycles. The predicted molar refractivity (Wildman–Crippen MR) is 110 cm³/mol. The lowest BCUT2D eigenvalue weighted by atomic mass is 10.0. The number of alkyl halides is 4. The molecule has 1 aliphatic heterocycles. The number of hydrogen-bond acceptors (Lipinski definition) is 5. The quantitative estimate of drug-likeness (QED) is 0.564. The van der Waals surface area contributed by atoms with E-state index in [2.05, 4.69) is 9.97 Å². The highest BCUT2D eigenvalue weighted by molar-refractivity contribution is 5.87. The molecule has 3 heterocycles. The number of benzene rings is 1. The molecule has 11 heteroatoms. The molecule has 1 fully saturated rings. The number of rotatable bonds is 5. The van der Waals surface area contributed by atoms with Gasteiger partial charge in [0.1, 0.15) is 18.0 Å². The smallest absolute Gasteiger partial charge is 0.417 e. The number of H-pyrrole nitrogens is 1. The van der Waals surface area contributed by atoms with Gasteiger partial charge in [-0.3, -0.25) is 4.79 Å². The summed E-state index contributed by atoms with van der Waals surface area (Å²) in [5.41, 5.74) is 6.63. The number of aromatic amines is 1. The molecule has 3 atom stereocenters. The van der Waals surface area contributed by atoms with E-state index in [0.29, 0.717) is 22.9 Å². The zero-order chi connectivity index (χ0) is 23.8. The Morgan fingerprint density at radius 1 is 1.36 bits per heavy atom. The SMILES string of the molecule is N#C[C@@H]1CC(F)CN1C(=O)[C@@H](N)Cc1c[nH]c2ccc(Oc3ccc(C(F)(F)F)cn3)cc12. The lowest BCUT2D eigenvalue weighted by Gasteiger charge is -2.23. The van der Waals surface area contributed by atoms with Gasteiger partial charge in [0.05, 0.1) is 24.2 Å². The Balaban J connectivity index is 1.50. The first kappa shape index (κ1) is 22.5. The first-order valence-corrected chi connectivity index (χ1v) is 10.1. The lowest BCUT2D eigenvalue weighted by molar-refractivity contribution is -0.138. The van der Waals surface area contributed by atoms with Crippen LogP contribution in [0.1, 0.15) is 17.5 Å². The number of ether oxygens (including phenoxy) is 1. The van der Waals surface area contributed by atoms with E-state index >= 15 is 0 Å². The van der Waals surface area contributed by atoms with Gasteiger partial charge in [0.25, 0.3) is 0 Å². The number of nitrogens with one attached hydrogen (secondary N) is 1. The zero-order valence-corrected chi connectivity index (χ0v) is 17.1. The van der Waals surface area contributed by atoms with Crippen LogP contribution in [-0.4, -0.2) is 45.6 Å². The molecule has 172 valence electrons. The Hall–Kier alpha value is -3.65. The number of amides is 1. The fourth-order valence-corrected chi connectivity index (χ4v) is 3.81. The Bertz CT molecular complexity index is 1200. The van der Waals surface area contributed by atoms with Crippen molar-refractivity contribution in [3.8, 4) is 17.7 Å². The van der Waals surface area contributed by atoms with Crippen LogP contribution in [0.15, 0.2) is 42.7 Å². The molecule has 1 unspecified atom stereocenters. The van der Waals surface area contributed by atoms with E-state index in [1.807, 2.05) is 6.07 Å². The second-order valence-corrected chi connectivity index (χ2v) is 7.79. The fourth-order valence-electron chi connectivity index (χ4n) is 3.81. The number of nitrogens with zero attached hydrogens (tertiary/aromatic N) is 3. The molecule has 0 aliphatic carbocycles. The van der Waals surface area contributed by atoms with E-state index in [4.69, 9.17) is 15.7 Å². The van der Waals surface area contributed by atoms with E-state index < -0.39 is 35.9 Å². The fraction of sp³-hybridized carbons (Fsp3) is 0.318. The molecule has 1 aliphatic rings. The third-order valence-electron chi connectivity index (χ3n) is 5.46. The van der Waals surface area contributed by atoms with Crippen LogP contribution in [0.4, 0.5) is 17.6 Å². The maximum atomic E-state index is 13.7. The molecular formula is C22H19F4N5O2. The summed E-state index contributed by atoms with van der Waals surface area (Å²) in [4.78, 5) is 20.6. The summed E-state index contributed by atoms with van der Waals surface area (Å²) in [6, 6.07) is 7.11. The Morgan fingerprint density at radius 3 is 2.82 bits per heavy atom. The molecule has 4 rings (SSSR count). The van der Waals surface area contributed by atoms with Crippen molar-refractivity contribution < 1.29 is 27.1 Å². The molecule has 33 heavy (non-hydrogen) atoms. The summed E-state index contributed by atoms with van der Waals surface area (Å²) in [6.45, 7) is -0.156. The number of pyridine rings is 1. The normalized spacial score (nSPS) is 19.5. The molecule has 0 radical (unpaired) electrons. The van der Waals surface area contributed by atoms with Gasteiger partial charge in [-0.2, -0.15) is 18.4 Å². The number of nitriles is 1. The van der Waals surface area contributed by atoms with Crippen LogP contribution in [0, 0.1) is 11.3 Å². The highest BCUT2D eigenvalue weighted by Gasteiger charge is 2.37. The van der Waals surface area contributed by atoms with Crippen LogP contribution in [0.5, 0.6) is 11.6 Å². The van der Waals surface area contributed by atoms with Gasteiger partial charge in [-0.25, -0.2) is 9.37 Å². The van der Waals surface area contributed by atoms with Gasteiger partial charge in [0.15, 0.2) is 0 Å². The monoisotopic (exact) mass is 461 g/mol. The van der Waals surface area contributed by atoms with Gasteiger partial charge in [-0.1, -0.05) is 0 Å². The number of aromatic nitrogens is 2. The summed E-state index contributed by atoms with van der Waals surface area (Å²) < 4.78 is 57.3. The largest absolute Gasteiger partial charge is 0.439 e. The first-order chi connectivity index (χ1) is 15.7. The number of fused-ring (bicyclic) bond motifs is 1. The van der Waals surface area contributed by atoms with Crippen LogP contribution in [0.2, 0.25) is 0 Å². The third kappa shape index (κ3) is 4.75. The van der Waals surface area contributed by atoms with Gasteiger partial charge in [0.2, 0.25) is 11.8 Å². The second kappa shape index (κ2) is 8.71. The molecule has 3 N–H and O–H groups in total. The molecule has 3 aromatic rings. The summed E-state index contributed by atoms with van der Waals surface area (Å²) >= 11 is 0. The number of likely N-dealkylation sites (tertiary alicyclic amines) is 1. The average molecular weight is 461 g/mol. The van der Waals surface area contributed by atoms with Gasteiger partial charge in [-0.15, -0.1) is 0 Å². The van der Waals surface area contributed by atoms with Crippen molar-refractivity contribution in [2.45, 2.75) is 37.3 Å². The molecule has 0 saturated carbocycles.